The fraction of sp³-hybridized carbons (Fsp3) is 1.00. The van der Waals surface area contributed by atoms with E-state index in [4.69, 9.17) is 0 Å². The van der Waals surface area contributed by atoms with Gasteiger partial charge < -0.3 is 0 Å². The van der Waals surface area contributed by atoms with Crippen molar-refractivity contribution in [2.24, 2.45) is 5.92 Å². The molecule has 0 aliphatic rings. The maximum absolute atomic E-state index is 2.45. The maximum atomic E-state index is 2.45. The van der Waals surface area contributed by atoms with Crippen LogP contribution in [0.15, 0.2) is 0 Å². The quantitative estimate of drug-likeness (QED) is 0.0900. The normalized spacial score (nSPS) is 12.4. The largest absolute Gasteiger partial charge is 0.0654 e. The monoisotopic (exact) mass is 479 g/mol. The van der Waals surface area contributed by atoms with Gasteiger partial charge in [0, 0.05) is 0 Å². The van der Waals surface area contributed by atoms with Gasteiger partial charge in [-0.15, -0.1) is 0 Å². The van der Waals surface area contributed by atoms with Crippen LogP contribution in [0.4, 0.5) is 0 Å². The molecule has 0 heterocycles. The van der Waals surface area contributed by atoms with E-state index in [0.29, 0.717) is 0 Å². The Bertz CT molecular complexity index is 333. The Morgan fingerprint density at radius 1 is 0.265 bits per heavy atom. The number of hydrogen-bond acceptors (Lipinski definition) is 0. The molecule has 0 bridgehead atoms. The molecule has 0 rings (SSSR count). The first kappa shape index (κ1) is 34.0. The molecule has 0 saturated heterocycles. The molecule has 0 aliphatic heterocycles. The van der Waals surface area contributed by atoms with Crippen LogP contribution in [-0.2, 0) is 0 Å². The minimum absolute atomic E-state index is 0.967. The van der Waals surface area contributed by atoms with Gasteiger partial charge in [-0.2, -0.15) is 0 Å². The molecule has 0 aromatic carbocycles. The van der Waals surface area contributed by atoms with Gasteiger partial charge in [-0.3, -0.25) is 0 Å². The molecule has 0 N–H and O–H groups in total. The molecule has 34 heavy (non-hydrogen) atoms. The Morgan fingerprint density at radius 3 is 0.735 bits per heavy atom. The van der Waals surface area contributed by atoms with Crippen molar-refractivity contribution in [2.45, 2.75) is 213 Å². The number of hydrogen-bond donors (Lipinski definition) is 0. The van der Waals surface area contributed by atoms with Crippen LogP contribution in [0.5, 0.6) is 0 Å². The first-order valence-electron chi connectivity index (χ1n) is 16.8. The van der Waals surface area contributed by atoms with Crippen molar-refractivity contribution in [1.29, 1.82) is 0 Å². The van der Waals surface area contributed by atoms with Crippen LogP contribution < -0.4 is 0 Å². The van der Waals surface area contributed by atoms with E-state index in [-0.39, 0.29) is 0 Å². The summed E-state index contributed by atoms with van der Waals surface area (Å²) in [5, 5.41) is 0. The fourth-order valence-electron chi connectivity index (χ4n) is 5.51. The molecule has 1 unspecified atom stereocenters. The number of rotatable bonds is 30. The van der Waals surface area contributed by atoms with Crippen molar-refractivity contribution in [3.63, 3.8) is 0 Å². The molecule has 0 fully saturated rings. The molecule has 206 valence electrons. The predicted molar refractivity (Wildman–Crippen MR) is 159 cm³/mol. The first-order valence-corrected chi connectivity index (χ1v) is 16.8. The molecule has 0 aliphatic carbocycles. The van der Waals surface area contributed by atoms with Gasteiger partial charge in [0.2, 0.25) is 0 Å². The fourth-order valence-corrected chi connectivity index (χ4v) is 5.51. The van der Waals surface area contributed by atoms with Gasteiger partial charge in [-0.1, -0.05) is 213 Å². The van der Waals surface area contributed by atoms with Gasteiger partial charge in [0.1, 0.15) is 0 Å². The molecule has 0 heteroatoms. The lowest BCUT2D eigenvalue weighted by Crippen LogP contribution is -1.94. The SMILES string of the molecule is CCCCCCCCCCCCCCCCCCCCCCCCCCCCC(C)CCCC. The lowest BCUT2D eigenvalue weighted by Gasteiger charge is -2.10. The van der Waals surface area contributed by atoms with E-state index in [9.17, 15) is 0 Å². The Morgan fingerprint density at radius 2 is 0.471 bits per heavy atom. The maximum Gasteiger partial charge on any atom is -0.0443 e. The molecule has 0 saturated carbocycles. The highest BCUT2D eigenvalue weighted by Crippen LogP contribution is 2.18. The molecular weight excluding hydrogens is 408 g/mol. The molecule has 0 nitrogen and oxygen atoms in total. The zero-order chi connectivity index (χ0) is 24.8. The first-order chi connectivity index (χ1) is 16.8. The summed E-state index contributed by atoms with van der Waals surface area (Å²) in [6, 6.07) is 0. The third-order valence-electron chi connectivity index (χ3n) is 8.10. The van der Waals surface area contributed by atoms with E-state index in [1.807, 2.05) is 0 Å². The van der Waals surface area contributed by atoms with E-state index >= 15 is 0 Å². The van der Waals surface area contributed by atoms with E-state index in [2.05, 4.69) is 20.8 Å². The predicted octanol–water partition coefficient (Wildman–Crippen LogP) is 13.4. The highest BCUT2D eigenvalue weighted by molar-refractivity contribution is 4.55. The molecular formula is C34H70. The minimum Gasteiger partial charge on any atom is -0.0654 e. The average molecular weight is 479 g/mol. The van der Waals surface area contributed by atoms with Crippen LogP contribution in [0.1, 0.15) is 213 Å². The third kappa shape index (κ3) is 30.0. The molecule has 0 amide bonds. The topological polar surface area (TPSA) is 0 Å². The van der Waals surface area contributed by atoms with Crippen LogP contribution in [0, 0.1) is 5.92 Å². The Kier molecular flexibility index (Phi) is 31.0. The van der Waals surface area contributed by atoms with Gasteiger partial charge in [0.25, 0.3) is 0 Å². The molecule has 1 atom stereocenters. The molecule has 0 aromatic rings. The van der Waals surface area contributed by atoms with Crippen LogP contribution >= 0.6 is 0 Å². The van der Waals surface area contributed by atoms with Crippen molar-refractivity contribution < 1.29 is 0 Å². The van der Waals surface area contributed by atoms with Crippen molar-refractivity contribution in [3.8, 4) is 0 Å². The summed E-state index contributed by atoms with van der Waals surface area (Å²) in [7, 11) is 0. The highest BCUT2D eigenvalue weighted by Gasteiger charge is 2.01. The van der Waals surface area contributed by atoms with Crippen LogP contribution in [0.3, 0.4) is 0 Å². The Balaban J connectivity index is 3.04. The van der Waals surface area contributed by atoms with Gasteiger partial charge in [-0.05, 0) is 5.92 Å². The molecule has 0 radical (unpaired) electrons. The smallest absolute Gasteiger partial charge is 0.0443 e. The van der Waals surface area contributed by atoms with Crippen LogP contribution in [-0.4, -0.2) is 0 Å². The summed E-state index contributed by atoms with van der Waals surface area (Å²) in [5.74, 6) is 0.967. The second kappa shape index (κ2) is 31.0. The highest BCUT2D eigenvalue weighted by atomic mass is 14.1. The standard InChI is InChI=1S/C34H70/c1-4-6-8-9-10-11-12-13-14-15-16-17-18-19-20-21-22-23-24-25-26-27-28-29-30-31-33-34(3)32-7-5-2/h34H,4-33H2,1-3H3. The van der Waals surface area contributed by atoms with Crippen LogP contribution in [0.2, 0.25) is 0 Å². The second-order valence-electron chi connectivity index (χ2n) is 11.9. The van der Waals surface area contributed by atoms with E-state index in [0.717, 1.165) is 5.92 Å². The zero-order valence-electron chi connectivity index (χ0n) is 24.8. The Labute approximate surface area is 219 Å². The summed E-state index contributed by atoms with van der Waals surface area (Å²) in [4.78, 5) is 0. The van der Waals surface area contributed by atoms with E-state index in [1.165, 1.54) is 193 Å². The van der Waals surface area contributed by atoms with Gasteiger partial charge >= 0.3 is 0 Å². The lowest BCUT2D eigenvalue weighted by atomic mass is 9.97. The van der Waals surface area contributed by atoms with Gasteiger partial charge in [0.15, 0.2) is 0 Å². The summed E-state index contributed by atoms with van der Waals surface area (Å²) in [6.07, 6.45) is 44.3. The second-order valence-corrected chi connectivity index (χ2v) is 11.9. The van der Waals surface area contributed by atoms with E-state index < -0.39 is 0 Å². The van der Waals surface area contributed by atoms with Crippen molar-refractivity contribution in [1.82, 2.24) is 0 Å². The van der Waals surface area contributed by atoms with Crippen molar-refractivity contribution >= 4 is 0 Å². The van der Waals surface area contributed by atoms with E-state index in [1.54, 1.807) is 0 Å². The van der Waals surface area contributed by atoms with Crippen molar-refractivity contribution in [3.05, 3.63) is 0 Å². The summed E-state index contributed by atoms with van der Waals surface area (Å²) in [6.45, 7) is 7.08. The number of unbranched alkanes of at least 4 members (excludes halogenated alkanes) is 26. The summed E-state index contributed by atoms with van der Waals surface area (Å²) < 4.78 is 0. The Hall–Kier alpha value is 0. The van der Waals surface area contributed by atoms with Crippen LogP contribution in [0.25, 0.3) is 0 Å². The average Bonchev–Trinajstić information content (AvgIpc) is 2.84. The van der Waals surface area contributed by atoms with Crippen molar-refractivity contribution in [2.75, 3.05) is 0 Å². The summed E-state index contributed by atoms with van der Waals surface area (Å²) >= 11 is 0. The minimum atomic E-state index is 0.967. The van der Waals surface area contributed by atoms with Gasteiger partial charge in [0.05, 0.1) is 0 Å². The molecule has 0 spiro atoms. The summed E-state index contributed by atoms with van der Waals surface area (Å²) in [5.41, 5.74) is 0. The third-order valence-corrected chi connectivity index (χ3v) is 8.10. The molecule has 0 aromatic heterocycles. The van der Waals surface area contributed by atoms with Gasteiger partial charge in [-0.25, -0.2) is 0 Å². The lowest BCUT2D eigenvalue weighted by molar-refractivity contribution is 0.440. The zero-order valence-corrected chi connectivity index (χ0v) is 24.8.